The van der Waals surface area contributed by atoms with Crippen LogP contribution >= 0.6 is 23.2 Å². The lowest BCUT2D eigenvalue weighted by molar-refractivity contribution is -0.384. The molecule has 0 fully saturated rings. The van der Waals surface area contributed by atoms with Gasteiger partial charge >= 0.3 is 0 Å². The van der Waals surface area contributed by atoms with Crippen LogP contribution in [0, 0.1) is 30.9 Å². The van der Waals surface area contributed by atoms with Gasteiger partial charge in [0.25, 0.3) is 11.6 Å². The van der Waals surface area contributed by atoms with E-state index in [1.165, 1.54) is 24.3 Å². The molecule has 0 atom stereocenters. The zero-order chi connectivity index (χ0) is 26.7. The Morgan fingerprint density at radius 2 is 1.78 bits per heavy atom. The molecule has 3 aromatic carbocycles. The number of amides is 1. The van der Waals surface area contributed by atoms with Gasteiger partial charge < -0.3 is 19.2 Å². The summed E-state index contributed by atoms with van der Waals surface area (Å²) in [5, 5.41) is 15.0. The molecule has 0 radical (unpaired) electrons. The van der Waals surface area contributed by atoms with E-state index in [1.807, 2.05) is 32.9 Å². The summed E-state index contributed by atoms with van der Waals surface area (Å²) in [5.74, 6) is 0.931. The van der Waals surface area contributed by atoms with Crippen molar-refractivity contribution < 1.29 is 23.6 Å². The highest BCUT2D eigenvalue weighted by Crippen LogP contribution is 2.33. The van der Waals surface area contributed by atoms with Gasteiger partial charge in [-0.2, -0.15) is 0 Å². The third-order valence-electron chi connectivity index (χ3n) is 5.50. The number of nitro groups is 1. The van der Waals surface area contributed by atoms with Crippen LogP contribution in [0.3, 0.4) is 0 Å². The van der Waals surface area contributed by atoms with Crippen LogP contribution in [0.4, 0.5) is 11.4 Å². The van der Waals surface area contributed by atoms with Crippen LogP contribution in [-0.2, 0) is 6.61 Å². The van der Waals surface area contributed by atoms with Crippen LogP contribution in [0.25, 0.3) is 0 Å². The lowest BCUT2D eigenvalue weighted by Crippen LogP contribution is -2.11. The van der Waals surface area contributed by atoms with E-state index in [-0.39, 0.29) is 29.5 Å². The Kier molecular flexibility index (Phi) is 7.71. The molecule has 0 aliphatic carbocycles. The SMILES string of the molecule is Cc1cc(C)c(C)c(Oc2cc(NC(=O)c3ccc(COc4cc(Cl)ccc4Cl)o3)cc([N+](=O)[O-])c2)c1. The van der Waals surface area contributed by atoms with Crippen LogP contribution in [0.1, 0.15) is 33.0 Å². The summed E-state index contributed by atoms with van der Waals surface area (Å²) in [7, 11) is 0. The maximum Gasteiger partial charge on any atom is 0.291 e. The van der Waals surface area contributed by atoms with Gasteiger partial charge in [0.15, 0.2) is 5.76 Å². The van der Waals surface area contributed by atoms with Crippen molar-refractivity contribution in [1.82, 2.24) is 0 Å². The number of non-ortho nitro benzene ring substituents is 1. The van der Waals surface area contributed by atoms with Crippen LogP contribution in [-0.4, -0.2) is 10.8 Å². The van der Waals surface area contributed by atoms with E-state index in [1.54, 1.807) is 24.3 Å². The number of hydrogen-bond donors (Lipinski definition) is 1. The molecule has 190 valence electrons. The number of halogens is 2. The van der Waals surface area contributed by atoms with Gasteiger partial charge in [0.1, 0.15) is 29.6 Å². The molecular formula is C27H22Cl2N2O6. The normalized spacial score (nSPS) is 10.7. The van der Waals surface area contributed by atoms with E-state index in [4.69, 9.17) is 37.1 Å². The van der Waals surface area contributed by atoms with Crippen molar-refractivity contribution in [2.24, 2.45) is 0 Å². The lowest BCUT2D eigenvalue weighted by Gasteiger charge is -2.13. The smallest absolute Gasteiger partial charge is 0.291 e. The Balaban J connectivity index is 1.50. The van der Waals surface area contributed by atoms with Crippen molar-refractivity contribution in [3.05, 3.63) is 109 Å². The van der Waals surface area contributed by atoms with E-state index in [2.05, 4.69) is 5.32 Å². The summed E-state index contributed by atoms with van der Waals surface area (Å²) in [6.07, 6.45) is 0. The summed E-state index contributed by atoms with van der Waals surface area (Å²) >= 11 is 12.1. The summed E-state index contributed by atoms with van der Waals surface area (Å²) in [4.78, 5) is 23.8. The molecule has 37 heavy (non-hydrogen) atoms. The Labute approximate surface area is 222 Å². The average Bonchev–Trinajstić information content (AvgIpc) is 3.32. The number of carbonyl (C=O) groups is 1. The monoisotopic (exact) mass is 540 g/mol. The molecule has 8 nitrogen and oxygen atoms in total. The van der Waals surface area contributed by atoms with E-state index in [9.17, 15) is 14.9 Å². The Morgan fingerprint density at radius 1 is 1.00 bits per heavy atom. The molecular weight excluding hydrogens is 519 g/mol. The lowest BCUT2D eigenvalue weighted by atomic mass is 10.1. The molecule has 4 aromatic rings. The Hall–Kier alpha value is -4.01. The minimum atomic E-state index is -0.596. The highest BCUT2D eigenvalue weighted by molar-refractivity contribution is 6.34. The number of nitrogens with zero attached hydrogens (tertiary/aromatic N) is 1. The first kappa shape index (κ1) is 26.1. The van der Waals surface area contributed by atoms with Crippen molar-refractivity contribution in [1.29, 1.82) is 0 Å². The topological polar surface area (TPSA) is 104 Å². The average molecular weight is 541 g/mol. The zero-order valence-electron chi connectivity index (χ0n) is 20.1. The number of benzene rings is 3. The highest BCUT2D eigenvalue weighted by Gasteiger charge is 2.17. The minimum Gasteiger partial charge on any atom is -0.484 e. The van der Waals surface area contributed by atoms with Crippen molar-refractivity contribution in [2.45, 2.75) is 27.4 Å². The second kappa shape index (κ2) is 10.9. The molecule has 4 rings (SSSR count). The standard InChI is InChI=1S/C27H22Cl2N2O6/c1-15-8-16(2)17(3)25(9-15)37-22-12-19(11-20(13-22)31(33)34)30-27(32)24-7-5-21(36-24)14-35-26-10-18(28)4-6-23(26)29/h4-13H,14H2,1-3H3,(H,30,32). The van der Waals surface area contributed by atoms with Crippen LogP contribution in [0.2, 0.25) is 10.0 Å². The van der Waals surface area contributed by atoms with Gasteiger partial charge in [-0.1, -0.05) is 29.3 Å². The molecule has 1 aromatic heterocycles. The number of carbonyl (C=O) groups excluding carboxylic acids is 1. The van der Waals surface area contributed by atoms with Crippen LogP contribution < -0.4 is 14.8 Å². The molecule has 1 amide bonds. The van der Waals surface area contributed by atoms with Crippen molar-refractivity contribution in [2.75, 3.05) is 5.32 Å². The molecule has 0 bridgehead atoms. The quantitative estimate of drug-likeness (QED) is 0.179. The third-order valence-corrected chi connectivity index (χ3v) is 6.05. The number of rotatable bonds is 8. The van der Waals surface area contributed by atoms with Gasteiger partial charge in [0.05, 0.1) is 21.7 Å². The second-order valence-corrected chi connectivity index (χ2v) is 9.21. The van der Waals surface area contributed by atoms with Crippen LogP contribution in [0.5, 0.6) is 17.2 Å². The Morgan fingerprint density at radius 3 is 2.54 bits per heavy atom. The van der Waals surface area contributed by atoms with Gasteiger partial charge in [-0.3, -0.25) is 14.9 Å². The maximum absolute atomic E-state index is 12.8. The zero-order valence-corrected chi connectivity index (χ0v) is 21.6. The second-order valence-electron chi connectivity index (χ2n) is 8.36. The molecule has 0 unspecified atom stereocenters. The Bertz CT molecular complexity index is 1500. The first-order valence-corrected chi connectivity index (χ1v) is 11.9. The first-order chi connectivity index (χ1) is 17.6. The van der Waals surface area contributed by atoms with Gasteiger partial charge in [0.2, 0.25) is 0 Å². The fourth-order valence-electron chi connectivity index (χ4n) is 3.56. The van der Waals surface area contributed by atoms with Gasteiger partial charge in [0, 0.05) is 23.2 Å². The number of anilines is 1. The van der Waals surface area contributed by atoms with Crippen molar-refractivity contribution in [3.63, 3.8) is 0 Å². The molecule has 0 aliphatic rings. The number of nitrogens with one attached hydrogen (secondary N) is 1. The number of hydrogen-bond acceptors (Lipinski definition) is 6. The van der Waals surface area contributed by atoms with Gasteiger partial charge in [-0.05, 0) is 67.8 Å². The predicted molar refractivity (Wildman–Crippen MR) is 141 cm³/mol. The largest absolute Gasteiger partial charge is 0.484 e. The van der Waals surface area contributed by atoms with E-state index in [0.29, 0.717) is 27.3 Å². The number of furan rings is 1. The molecule has 1 heterocycles. The van der Waals surface area contributed by atoms with Crippen LogP contribution in [0.15, 0.2) is 65.1 Å². The molecule has 1 N–H and O–H groups in total. The minimum absolute atomic E-state index is 0.00470. The maximum atomic E-state index is 12.8. The highest BCUT2D eigenvalue weighted by atomic mass is 35.5. The summed E-state index contributed by atoms with van der Waals surface area (Å²) in [5.41, 5.74) is 2.88. The number of nitro benzene ring substituents is 1. The third kappa shape index (κ3) is 6.41. The first-order valence-electron chi connectivity index (χ1n) is 11.1. The van der Waals surface area contributed by atoms with Crippen molar-refractivity contribution in [3.8, 4) is 17.2 Å². The summed E-state index contributed by atoms with van der Waals surface area (Å²) in [6.45, 7) is 5.81. The van der Waals surface area contributed by atoms with Gasteiger partial charge in [-0.15, -0.1) is 0 Å². The predicted octanol–water partition coefficient (Wildman–Crippen LogP) is 8.04. The molecule has 0 spiro atoms. The molecule has 10 heteroatoms. The van der Waals surface area contributed by atoms with E-state index in [0.717, 1.165) is 16.7 Å². The number of ether oxygens (including phenoxy) is 2. The number of aryl methyl sites for hydroxylation is 2. The van der Waals surface area contributed by atoms with E-state index >= 15 is 0 Å². The summed E-state index contributed by atoms with van der Waals surface area (Å²) < 4.78 is 17.2. The molecule has 0 saturated carbocycles. The van der Waals surface area contributed by atoms with E-state index < -0.39 is 10.8 Å². The van der Waals surface area contributed by atoms with Gasteiger partial charge in [-0.25, -0.2) is 0 Å². The summed E-state index contributed by atoms with van der Waals surface area (Å²) in [6, 6.07) is 15.8. The van der Waals surface area contributed by atoms with Crippen molar-refractivity contribution >= 4 is 40.5 Å². The molecule has 0 saturated heterocycles. The molecule has 0 aliphatic heterocycles. The fourth-order valence-corrected chi connectivity index (χ4v) is 3.89. The fraction of sp³-hybridized carbons (Fsp3) is 0.148.